The first-order valence-electron chi connectivity index (χ1n) is 7.71. The molecular formula is C18H23N3O2S. The summed E-state index contributed by atoms with van der Waals surface area (Å²) in [6, 6.07) is 6.19. The van der Waals surface area contributed by atoms with Crippen LogP contribution in [0.5, 0.6) is 0 Å². The van der Waals surface area contributed by atoms with Crippen LogP contribution in [0.15, 0.2) is 18.2 Å². The van der Waals surface area contributed by atoms with Gasteiger partial charge in [-0.2, -0.15) is 0 Å². The van der Waals surface area contributed by atoms with Gasteiger partial charge in [-0.3, -0.25) is 9.59 Å². The highest BCUT2D eigenvalue weighted by atomic mass is 32.1. The van der Waals surface area contributed by atoms with Crippen molar-refractivity contribution in [3.63, 3.8) is 0 Å². The Morgan fingerprint density at radius 2 is 1.79 bits per heavy atom. The standard InChI is InChI=1S/C18H23N3O2S/c1-11-7-8-14(12(2)9-11)17-19-13(3)16(24-17)18(23)21(6)10-15(22)20(4)5/h7-9H,10H2,1-6H3. The van der Waals surface area contributed by atoms with Gasteiger partial charge in [-0.25, -0.2) is 4.98 Å². The molecule has 1 aromatic carbocycles. The molecule has 0 unspecified atom stereocenters. The van der Waals surface area contributed by atoms with E-state index < -0.39 is 0 Å². The molecule has 0 N–H and O–H groups in total. The number of nitrogens with zero attached hydrogens (tertiary/aromatic N) is 3. The molecule has 0 aliphatic carbocycles. The molecule has 128 valence electrons. The number of aromatic nitrogens is 1. The van der Waals surface area contributed by atoms with Crippen LogP contribution in [0, 0.1) is 20.8 Å². The molecule has 2 amide bonds. The third-order valence-corrected chi connectivity index (χ3v) is 5.00. The maximum atomic E-state index is 12.6. The maximum Gasteiger partial charge on any atom is 0.266 e. The number of hydrogen-bond acceptors (Lipinski definition) is 4. The Bertz CT molecular complexity index is 781. The van der Waals surface area contributed by atoms with E-state index in [4.69, 9.17) is 0 Å². The molecule has 0 spiro atoms. The van der Waals surface area contributed by atoms with Crippen molar-refractivity contribution in [1.82, 2.24) is 14.8 Å². The number of thiazole rings is 1. The summed E-state index contributed by atoms with van der Waals surface area (Å²) in [6.07, 6.45) is 0. The molecule has 0 saturated carbocycles. The fourth-order valence-electron chi connectivity index (χ4n) is 2.35. The van der Waals surface area contributed by atoms with Crippen LogP contribution in [0.4, 0.5) is 0 Å². The average molecular weight is 345 g/mol. The number of benzene rings is 1. The van der Waals surface area contributed by atoms with Crippen molar-refractivity contribution in [2.45, 2.75) is 20.8 Å². The van der Waals surface area contributed by atoms with Crippen LogP contribution in [0.2, 0.25) is 0 Å². The molecule has 0 fully saturated rings. The van der Waals surface area contributed by atoms with Gasteiger partial charge in [-0.1, -0.05) is 23.8 Å². The van der Waals surface area contributed by atoms with E-state index in [9.17, 15) is 9.59 Å². The summed E-state index contributed by atoms with van der Waals surface area (Å²) in [6.45, 7) is 5.98. The number of likely N-dealkylation sites (N-methyl/N-ethyl adjacent to an activating group) is 2. The number of rotatable bonds is 4. The van der Waals surface area contributed by atoms with Crippen molar-refractivity contribution in [1.29, 1.82) is 0 Å². The van der Waals surface area contributed by atoms with Gasteiger partial charge in [0.15, 0.2) is 0 Å². The summed E-state index contributed by atoms with van der Waals surface area (Å²) in [7, 11) is 4.99. The van der Waals surface area contributed by atoms with E-state index in [-0.39, 0.29) is 18.4 Å². The first kappa shape index (κ1) is 18.1. The van der Waals surface area contributed by atoms with Crippen molar-refractivity contribution >= 4 is 23.2 Å². The fourth-order valence-corrected chi connectivity index (χ4v) is 3.50. The van der Waals surface area contributed by atoms with E-state index in [0.717, 1.165) is 16.1 Å². The summed E-state index contributed by atoms with van der Waals surface area (Å²) in [5.41, 5.74) is 4.07. The molecule has 24 heavy (non-hydrogen) atoms. The summed E-state index contributed by atoms with van der Waals surface area (Å²) in [5.74, 6) is -0.279. The Kier molecular flexibility index (Phi) is 5.39. The van der Waals surface area contributed by atoms with Crippen molar-refractivity contribution < 1.29 is 9.59 Å². The minimum absolute atomic E-state index is 0.0576. The van der Waals surface area contributed by atoms with Crippen LogP contribution in [0.3, 0.4) is 0 Å². The minimum atomic E-state index is -0.170. The van der Waals surface area contributed by atoms with Gasteiger partial charge >= 0.3 is 0 Å². The van der Waals surface area contributed by atoms with Gasteiger partial charge in [0.1, 0.15) is 9.88 Å². The third-order valence-electron chi connectivity index (χ3n) is 3.82. The van der Waals surface area contributed by atoms with Crippen LogP contribution in [-0.4, -0.2) is 54.3 Å². The average Bonchev–Trinajstić information content (AvgIpc) is 2.87. The van der Waals surface area contributed by atoms with Gasteiger partial charge in [0.05, 0.1) is 12.2 Å². The molecule has 0 aliphatic rings. The van der Waals surface area contributed by atoms with E-state index in [0.29, 0.717) is 10.6 Å². The topological polar surface area (TPSA) is 53.5 Å². The third kappa shape index (κ3) is 3.82. The highest BCUT2D eigenvalue weighted by Gasteiger charge is 2.22. The van der Waals surface area contributed by atoms with E-state index in [2.05, 4.69) is 18.0 Å². The zero-order valence-electron chi connectivity index (χ0n) is 15.0. The molecule has 0 aliphatic heterocycles. The number of carbonyl (C=O) groups excluding carboxylic acids is 2. The molecule has 1 heterocycles. The molecule has 0 atom stereocenters. The van der Waals surface area contributed by atoms with Crippen molar-refractivity contribution in [3.05, 3.63) is 39.9 Å². The van der Waals surface area contributed by atoms with Gasteiger partial charge in [-0.05, 0) is 26.3 Å². The fraction of sp³-hybridized carbons (Fsp3) is 0.389. The zero-order valence-corrected chi connectivity index (χ0v) is 15.8. The molecule has 2 rings (SSSR count). The van der Waals surface area contributed by atoms with Crippen LogP contribution in [0.25, 0.3) is 10.6 Å². The number of amides is 2. The number of carbonyl (C=O) groups is 2. The first-order valence-corrected chi connectivity index (χ1v) is 8.53. The predicted molar refractivity (Wildman–Crippen MR) is 97.4 cm³/mol. The number of hydrogen-bond donors (Lipinski definition) is 0. The predicted octanol–water partition coefficient (Wildman–Crippen LogP) is 2.90. The molecule has 2 aromatic rings. The molecule has 0 saturated heterocycles. The second kappa shape index (κ2) is 7.13. The zero-order chi connectivity index (χ0) is 18.0. The Balaban J connectivity index is 2.28. The van der Waals surface area contributed by atoms with E-state index in [1.165, 1.54) is 26.7 Å². The lowest BCUT2D eigenvalue weighted by atomic mass is 10.1. The van der Waals surface area contributed by atoms with Crippen LogP contribution < -0.4 is 0 Å². The molecule has 1 aromatic heterocycles. The second-order valence-corrected chi connectivity index (χ2v) is 7.20. The van der Waals surface area contributed by atoms with Crippen LogP contribution in [-0.2, 0) is 4.79 Å². The molecular weight excluding hydrogens is 322 g/mol. The van der Waals surface area contributed by atoms with Crippen molar-refractivity contribution in [2.24, 2.45) is 0 Å². The SMILES string of the molecule is Cc1ccc(-c2nc(C)c(C(=O)N(C)CC(=O)N(C)C)s2)c(C)c1. The van der Waals surface area contributed by atoms with Crippen molar-refractivity contribution in [2.75, 3.05) is 27.7 Å². The number of aryl methyl sites for hydroxylation is 3. The minimum Gasteiger partial charge on any atom is -0.347 e. The summed E-state index contributed by atoms with van der Waals surface area (Å²) >= 11 is 1.38. The molecule has 6 heteroatoms. The normalized spacial score (nSPS) is 10.6. The summed E-state index contributed by atoms with van der Waals surface area (Å²) in [5, 5.41) is 0.834. The van der Waals surface area contributed by atoms with Gasteiger partial charge < -0.3 is 9.80 Å². The molecule has 0 bridgehead atoms. The summed E-state index contributed by atoms with van der Waals surface area (Å²) in [4.78, 5) is 32.5. The van der Waals surface area contributed by atoms with Gasteiger partial charge in [0.25, 0.3) is 5.91 Å². The van der Waals surface area contributed by atoms with E-state index in [1.54, 1.807) is 21.1 Å². The van der Waals surface area contributed by atoms with Crippen LogP contribution >= 0.6 is 11.3 Å². The Labute approximate surface area is 146 Å². The lowest BCUT2D eigenvalue weighted by molar-refractivity contribution is -0.129. The lowest BCUT2D eigenvalue weighted by Crippen LogP contribution is -2.37. The second-order valence-electron chi connectivity index (χ2n) is 6.20. The Hall–Kier alpha value is -2.21. The van der Waals surface area contributed by atoms with Crippen LogP contribution in [0.1, 0.15) is 26.5 Å². The largest absolute Gasteiger partial charge is 0.347 e. The quantitative estimate of drug-likeness (QED) is 0.856. The molecule has 0 radical (unpaired) electrons. The van der Waals surface area contributed by atoms with Gasteiger partial charge in [-0.15, -0.1) is 11.3 Å². The Morgan fingerprint density at radius 3 is 2.38 bits per heavy atom. The first-order chi connectivity index (χ1) is 11.2. The van der Waals surface area contributed by atoms with Gasteiger partial charge in [0.2, 0.25) is 5.91 Å². The van der Waals surface area contributed by atoms with Gasteiger partial charge in [0, 0.05) is 26.7 Å². The summed E-state index contributed by atoms with van der Waals surface area (Å²) < 4.78 is 0. The molecule has 5 nitrogen and oxygen atoms in total. The van der Waals surface area contributed by atoms with E-state index in [1.807, 2.05) is 26.0 Å². The lowest BCUT2D eigenvalue weighted by Gasteiger charge is -2.18. The van der Waals surface area contributed by atoms with E-state index >= 15 is 0 Å². The maximum absolute atomic E-state index is 12.6. The smallest absolute Gasteiger partial charge is 0.266 e. The highest BCUT2D eigenvalue weighted by Crippen LogP contribution is 2.31. The monoisotopic (exact) mass is 345 g/mol. The highest BCUT2D eigenvalue weighted by molar-refractivity contribution is 7.17. The van der Waals surface area contributed by atoms with Crippen molar-refractivity contribution in [3.8, 4) is 10.6 Å². The Morgan fingerprint density at radius 1 is 1.12 bits per heavy atom.